The van der Waals surface area contributed by atoms with E-state index in [2.05, 4.69) is 52.6 Å². The molecule has 3 aromatic heterocycles. The highest BCUT2D eigenvalue weighted by Crippen LogP contribution is 2.30. The van der Waals surface area contributed by atoms with Crippen molar-refractivity contribution in [1.29, 1.82) is 0 Å². The van der Waals surface area contributed by atoms with Crippen molar-refractivity contribution in [2.75, 3.05) is 0 Å². The number of fused-ring (bicyclic) bond motifs is 3. The molecule has 0 saturated heterocycles. The Balaban J connectivity index is 1.56. The van der Waals surface area contributed by atoms with E-state index in [1.165, 1.54) is 11.1 Å². The fraction of sp³-hybridized carbons (Fsp3) is 0.348. The molecule has 0 radical (unpaired) electrons. The average Bonchev–Trinajstić information content (AvgIpc) is 3.19. The summed E-state index contributed by atoms with van der Waals surface area (Å²) in [6.45, 7) is 5.19. The Morgan fingerprint density at radius 2 is 2.00 bits per heavy atom. The number of nitrogens with zero attached hydrogens (tertiary/aromatic N) is 6. The SMILES string of the molecule is Cc1cc2cc(CN(Cc3cccnc3)C(=O)C3CCC3)c3nnnn3c2cc1C. The first kappa shape index (κ1) is 18.7. The number of carbonyl (C=O) groups excluding carboxylic acids is 1. The van der Waals surface area contributed by atoms with E-state index in [-0.39, 0.29) is 11.8 Å². The number of hydrogen-bond acceptors (Lipinski definition) is 5. The Kier molecular flexibility index (Phi) is 4.65. The normalized spacial score (nSPS) is 14.2. The van der Waals surface area contributed by atoms with Crippen LogP contribution in [0.3, 0.4) is 0 Å². The van der Waals surface area contributed by atoms with E-state index in [1.54, 1.807) is 10.7 Å². The molecule has 152 valence electrons. The first-order valence-corrected chi connectivity index (χ1v) is 10.4. The van der Waals surface area contributed by atoms with Crippen LogP contribution in [0.1, 0.15) is 41.5 Å². The second-order valence-corrected chi connectivity index (χ2v) is 8.26. The van der Waals surface area contributed by atoms with Gasteiger partial charge in [0.05, 0.1) is 5.52 Å². The van der Waals surface area contributed by atoms with Crippen LogP contribution in [0.5, 0.6) is 0 Å². The van der Waals surface area contributed by atoms with Crippen molar-refractivity contribution in [3.8, 4) is 0 Å². The summed E-state index contributed by atoms with van der Waals surface area (Å²) >= 11 is 0. The van der Waals surface area contributed by atoms with Gasteiger partial charge >= 0.3 is 0 Å². The minimum absolute atomic E-state index is 0.124. The van der Waals surface area contributed by atoms with Crippen LogP contribution in [0.2, 0.25) is 0 Å². The van der Waals surface area contributed by atoms with Crippen molar-refractivity contribution in [3.63, 3.8) is 0 Å². The number of tetrazole rings is 1. The summed E-state index contributed by atoms with van der Waals surface area (Å²) in [5.74, 6) is 0.329. The Morgan fingerprint density at radius 1 is 1.17 bits per heavy atom. The standard InChI is InChI=1S/C23H24N6O/c1-15-9-19-11-20(22-25-26-27-29(22)21(19)10-16(15)2)14-28(23(30)18-6-3-7-18)13-17-5-4-8-24-12-17/h4-5,8-12,18H,3,6-7,13-14H2,1-2H3. The van der Waals surface area contributed by atoms with Gasteiger partial charge in [-0.3, -0.25) is 9.78 Å². The zero-order valence-corrected chi connectivity index (χ0v) is 17.2. The molecule has 1 aromatic carbocycles. The van der Waals surface area contributed by atoms with Crippen molar-refractivity contribution < 1.29 is 4.79 Å². The van der Waals surface area contributed by atoms with Crippen molar-refractivity contribution in [2.45, 2.75) is 46.2 Å². The number of amides is 1. The lowest BCUT2D eigenvalue weighted by Gasteiger charge is -2.32. The minimum Gasteiger partial charge on any atom is -0.334 e. The highest BCUT2D eigenvalue weighted by molar-refractivity contribution is 5.85. The van der Waals surface area contributed by atoms with E-state index in [9.17, 15) is 4.79 Å². The fourth-order valence-electron chi connectivity index (χ4n) is 4.08. The number of carbonyl (C=O) groups is 1. The van der Waals surface area contributed by atoms with Crippen LogP contribution in [0, 0.1) is 19.8 Å². The molecule has 7 nitrogen and oxygen atoms in total. The minimum atomic E-state index is 0.124. The number of rotatable bonds is 5. The van der Waals surface area contributed by atoms with Gasteiger partial charge in [0.25, 0.3) is 0 Å². The molecule has 0 unspecified atom stereocenters. The number of hydrogen-bond donors (Lipinski definition) is 0. The van der Waals surface area contributed by atoms with E-state index in [0.29, 0.717) is 18.7 Å². The van der Waals surface area contributed by atoms with Crippen LogP contribution in [0.25, 0.3) is 16.6 Å². The van der Waals surface area contributed by atoms with Crippen LogP contribution in [0.4, 0.5) is 0 Å². The fourth-order valence-corrected chi connectivity index (χ4v) is 4.08. The number of aryl methyl sites for hydroxylation is 2. The third kappa shape index (κ3) is 3.30. The topological polar surface area (TPSA) is 76.3 Å². The van der Waals surface area contributed by atoms with Crippen molar-refractivity contribution >= 4 is 22.5 Å². The van der Waals surface area contributed by atoms with Crippen molar-refractivity contribution in [1.82, 2.24) is 29.9 Å². The molecule has 0 atom stereocenters. The highest BCUT2D eigenvalue weighted by Gasteiger charge is 2.30. The molecule has 7 heteroatoms. The summed E-state index contributed by atoms with van der Waals surface area (Å²) in [5.41, 5.74) is 6.07. The maximum atomic E-state index is 13.2. The van der Waals surface area contributed by atoms with Gasteiger partial charge in [-0.2, -0.15) is 4.52 Å². The van der Waals surface area contributed by atoms with Crippen molar-refractivity contribution in [2.24, 2.45) is 5.92 Å². The molecule has 0 bridgehead atoms. The van der Waals surface area contributed by atoms with Gasteiger partial charge in [-0.15, -0.1) is 5.10 Å². The summed E-state index contributed by atoms with van der Waals surface area (Å²) in [4.78, 5) is 19.4. The Bertz CT molecular complexity index is 1230. The van der Waals surface area contributed by atoms with Gasteiger partial charge in [0.1, 0.15) is 0 Å². The lowest BCUT2D eigenvalue weighted by molar-refractivity contribution is -0.139. The molecule has 5 rings (SSSR count). The van der Waals surface area contributed by atoms with Crippen molar-refractivity contribution in [3.05, 3.63) is 65.0 Å². The second-order valence-electron chi connectivity index (χ2n) is 8.26. The smallest absolute Gasteiger partial charge is 0.226 e. The molecule has 30 heavy (non-hydrogen) atoms. The summed E-state index contributed by atoms with van der Waals surface area (Å²) in [6, 6.07) is 10.3. The third-order valence-corrected chi connectivity index (χ3v) is 6.18. The molecule has 1 amide bonds. The maximum absolute atomic E-state index is 13.2. The molecule has 4 aromatic rings. The van der Waals surface area contributed by atoms with Crippen LogP contribution < -0.4 is 0 Å². The van der Waals surface area contributed by atoms with Gasteiger partial charge in [-0.25, -0.2) is 0 Å². The van der Waals surface area contributed by atoms with E-state index < -0.39 is 0 Å². The molecule has 1 aliphatic rings. The third-order valence-electron chi connectivity index (χ3n) is 6.18. The number of benzene rings is 1. The molecule has 0 spiro atoms. The van der Waals surface area contributed by atoms with Gasteiger partial charge in [-0.05, 0) is 78.1 Å². The van der Waals surface area contributed by atoms with E-state index in [0.717, 1.165) is 41.3 Å². The first-order chi connectivity index (χ1) is 14.6. The molecule has 0 aliphatic heterocycles. The van der Waals surface area contributed by atoms with Gasteiger partial charge < -0.3 is 4.90 Å². The first-order valence-electron chi connectivity index (χ1n) is 10.4. The summed E-state index contributed by atoms with van der Waals surface area (Å²) < 4.78 is 1.78. The molecule has 1 fully saturated rings. The van der Waals surface area contributed by atoms with Gasteiger partial charge in [0.15, 0.2) is 5.65 Å². The molecular weight excluding hydrogens is 376 g/mol. The van der Waals surface area contributed by atoms with Gasteiger partial charge in [0.2, 0.25) is 5.91 Å². The summed E-state index contributed by atoms with van der Waals surface area (Å²) in [7, 11) is 0. The summed E-state index contributed by atoms with van der Waals surface area (Å²) in [6.07, 6.45) is 6.65. The maximum Gasteiger partial charge on any atom is 0.226 e. The molecular formula is C23H24N6O. The highest BCUT2D eigenvalue weighted by atomic mass is 16.2. The number of aromatic nitrogens is 5. The average molecular weight is 400 g/mol. The largest absolute Gasteiger partial charge is 0.334 e. The molecule has 0 N–H and O–H groups in total. The molecule has 3 heterocycles. The molecule has 1 aliphatic carbocycles. The zero-order valence-electron chi connectivity index (χ0n) is 17.2. The van der Waals surface area contributed by atoms with E-state index in [1.807, 2.05) is 23.2 Å². The Hall–Kier alpha value is -3.35. The van der Waals surface area contributed by atoms with Gasteiger partial charge in [0, 0.05) is 42.4 Å². The van der Waals surface area contributed by atoms with E-state index in [4.69, 9.17) is 0 Å². The lowest BCUT2D eigenvalue weighted by Crippen LogP contribution is -2.38. The molecule has 1 saturated carbocycles. The van der Waals surface area contributed by atoms with Crippen LogP contribution in [-0.2, 0) is 17.9 Å². The van der Waals surface area contributed by atoms with Crippen LogP contribution >= 0.6 is 0 Å². The predicted octanol–water partition coefficient (Wildman–Crippen LogP) is 3.62. The second kappa shape index (κ2) is 7.48. The predicted molar refractivity (Wildman–Crippen MR) is 114 cm³/mol. The zero-order chi connectivity index (χ0) is 20.7. The van der Waals surface area contributed by atoms with Crippen LogP contribution in [0.15, 0.2) is 42.7 Å². The monoisotopic (exact) mass is 400 g/mol. The number of pyridine rings is 2. The quantitative estimate of drug-likeness (QED) is 0.511. The lowest BCUT2D eigenvalue weighted by atomic mass is 9.84. The van der Waals surface area contributed by atoms with Gasteiger partial charge in [-0.1, -0.05) is 12.5 Å². The Morgan fingerprint density at radius 3 is 2.73 bits per heavy atom. The Labute approximate surface area is 174 Å². The van der Waals surface area contributed by atoms with E-state index >= 15 is 0 Å². The van der Waals surface area contributed by atoms with Crippen LogP contribution in [-0.4, -0.2) is 35.8 Å². The summed E-state index contributed by atoms with van der Waals surface area (Å²) in [5, 5.41) is 13.5.